The summed E-state index contributed by atoms with van der Waals surface area (Å²) in [5.74, 6) is 2.47. The van der Waals surface area contributed by atoms with Crippen molar-refractivity contribution in [3.63, 3.8) is 0 Å². The Morgan fingerprint density at radius 2 is 2.33 bits per heavy atom. The molecule has 3 nitrogen and oxygen atoms in total. The van der Waals surface area contributed by atoms with Crippen molar-refractivity contribution in [1.82, 2.24) is 9.78 Å². The quantitative estimate of drug-likeness (QED) is 0.909. The average Bonchev–Trinajstić information content (AvgIpc) is 3.03. The fourth-order valence-electron chi connectivity index (χ4n) is 4.02. The highest BCUT2D eigenvalue weighted by atomic mass is 35.5. The van der Waals surface area contributed by atoms with E-state index in [4.69, 9.17) is 11.6 Å². The molecular formula is C14H21ClN2O. The second-order valence-electron chi connectivity index (χ2n) is 5.88. The Bertz CT molecular complexity index is 431. The highest BCUT2D eigenvalue weighted by Gasteiger charge is 2.40. The maximum atomic E-state index is 10.4. The molecule has 0 saturated heterocycles. The molecule has 2 aliphatic rings. The van der Waals surface area contributed by atoms with Gasteiger partial charge in [-0.25, -0.2) is 0 Å². The van der Waals surface area contributed by atoms with Crippen molar-refractivity contribution >= 4 is 11.6 Å². The molecule has 100 valence electrons. The zero-order valence-electron chi connectivity index (χ0n) is 10.8. The summed E-state index contributed by atoms with van der Waals surface area (Å²) in [7, 11) is 0. The number of nitrogens with zero attached hydrogens (tertiary/aromatic N) is 2. The maximum Gasteiger partial charge on any atom is 0.0974 e. The van der Waals surface area contributed by atoms with Gasteiger partial charge in [-0.2, -0.15) is 5.10 Å². The molecule has 2 aliphatic carbocycles. The van der Waals surface area contributed by atoms with Crippen molar-refractivity contribution in [1.29, 1.82) is 0 Å². The van der Waals surface area contributed by atoms with Gasteiger partial charge in [0.25, 0.3) is 0 Å². The molecule has 2 saturated carbocycles. The molecular weight excluding hydrogens is 248 g/mol. The first-order valence-electron chi connectivity index (χ1n) is 7.08. The van der Waals surface area contributed by atoms with Gasteiger partial charge in [-0.05, 0) is 50.4 Å². The zero-order valence-corrected chi connectivity index (χ0v) is 11.6. The van der Waals surface area contributed by atoms with E-state index >= 15 is 0 Å². The summed E-state index contributed by atoms with van der Waals surface area (Å²) in [6.45, 7) is 2.78. The predicted molar refractivity (Wildman–Crippen MR) is 71.4 cm³/mol. The highest BCUT2D eigenvalue weighted by Crippen LogP contribution is 2.51. The molecule has 18 heavy (non-hydrogen) atoms. The standard InChI is InChI=1S/C14H21ClN2O/c1-2-17-14(12(15)8-16-17)13(18)7-11-6-9-3-4-10(11)5-9/h8-11,13,18H,2-7H2,1H3. The molecule has 2 fully saturated rings. The number of aryl methyl sites for hydroxylation is 1. The third kappa shape index (κ3) is 2.08. The minimum atomic E-state index is -0.454. The smallest absolute Gasteiger partial charge is 0.0974 e. The van der Waals surface area contributed by atoms with Crippen LogP contribution in [0.5, 0.6) is 0 Å². The van der Waals surface area contributed by atoms with Crippen LogP contribution in [0.15, 0.2) is 6.20 Å². The second-order valence-corrected chi connectivity index (χ2v) is 6.29. The Morgan fingerprint density at radius 1 is 1.50 bits per heavy atom. The third-order valence-corrected chi connectivity index (χ3v) is 5.15. The summed E-state index contributed by atoms with van der Waals surface area (Å²) in [6, 6.07) is 0. The third-order valence-electron chi connectivity index (χ3n) is 4.86. The molecule has 4 heteroatoms. The number of aliphatic hydroxyl groups is 1. The van der Waals surface area contributed by atoms with Crippen molar-refractivity contribution in [2.75, 3.05) is 0 Å². The Hall–Kier alpha value is -0.540. The Morgan fingerprint density at radius 3 is 2.94 bits per heavy atom. The van der Waals surface area contributed by atoms with Gasteiger partial charge in [-0.15, -0.1) is 0 Å². The van der Waals surface area contributed by atoms with E-state index in [0.717, 1.165) is 30.5 Å². The topological polar surface area (TPSA) is 38.0 Å². The first-order chi connectivity index (χ1) is 8.69. The first-order valence-corrected chi connectivity index (χ1v) is 7.46. The van der Waals surface area contributed by atoms with E-state index in [-0.39, 0.29) is 0 Å². The molecule has 0 aromatic carbocycles. The first kappa shape index (κ1) is 12.5. The Labute approximate surface area is 113 Å². The summed E-state index contributed by atoms with van der Waals surface area (Å²) in [5.41, 5.74) is 0.807. The molecule has 1 heterocycles. The molecule has 4 unspecified atom stereocenters. The minimum Gasteiger partial charge on any atom is -0.387 e. The van der Waals surface area contributed by atoms with Gasteiger partial charge in [0.2, 0.25) is 0 Å². The zero-order chi connectivity index (χ0) is 12.7. The molecule has 0 spiro atoms. The van der Waals surface area contributed by atoms with Crippen molar-refractivity contribution in [2.45, 2.75) is 51.7 Å². The van der Waals surface area contributed by atoms with Gasteiger partial charge in [0.15, 0.2) is 0 Å². The van der Waals surface area contributed by atoms with Gasteiger partial charge in [-0.3, -0.25) is 4.68 Å². The van der Waals surface area contributed by atoms with Gasteiger partial charge in [0.05, 0.1) is 23.0 Å². The van der Waals surface area contributed by atoms with Gasteiger partial charge < -0.3 is 5.11 Å². The minimum absolute atomic E-state index is 0.454. The number of hydrogen-bond donors (Lipinski definition) is 1. The molecule has 2 bridgehead atoms. The van der Waals surface area contributed by atoms with Gasteiger partial charge in [0, 0.05) is 6.54 Å². The molecule has 1 aromatic rings. The fourth-order valence-corrected chi connectivity index (χ4v) is 4.29. The van der Waals surface area contributed by atoms with Gasteiger partial charge >= 0.3 is 0 Å². The Kier molecular flexibility index (Phi) is 3.37. The van der Waals surface area contributed by atoms with Crippen molar-refractivity contribution in [3.8, 4) is 0 Å². The van der Waals surface area contributed by atoms with Crippen LogP contribution in [0.4, 0.5) is 0 Å². The molecule has 3 rings (SSSR count). The van der Waals surface area contributed by atoms with E-state index < -0.39 is 6.10 Å². The van der Waals surface area contributed by atoms with Crippen LogP contribution in [0, 0.1) is 17.8 Å². The van der Waals surface area contributed by atoms with E-state index in [1.165, 1.54) is 25.7 Å². The van der Waals surface area contributed by atoms with Gasteiger partial charge in [0.1, 0.15) is 0 Å². The van der Waals surface area contributed by atoms with Crippen molar-refractivity contribution < 1.29 is 5.11 Å². The van der Waals surface area contributed by atoms with Crippen LogP contribution in [0.1, 0.15) is 50.8 Å². The molecule has 1 N–H and O–H groups in total. The molecule has 0 radical (unpaired) electrons. The SMILES string of the molecule is CCn1ncc(Cl)c1C(O)CC1CC2CCC1C2. The number of aromatic nitrogens is 2. The summed E-state index contributed by atoms with van der Waals surface area (Å²) in [6.07, 6.45) is 7.51. The van der Waals surface area contributed by atoms with Crippen molar-refractivity contribution in [2.24, 2.45) is 17.8 Å². The molecule has 0 amide bonds. The number of fused-ring (bicyclic) bond motifs is 2. The van der Waals surface area contributed by atoms with Crippen LogP contribution in [0.3, 0.4) is 0 Å². The monoisotopic (exact) mass is 268 g/mol. The van der Waals surface area contributed by atoms with E-state index in [9.17, 15) is 5.11 Å². The lowest BCUT2D eigenvalue weighted by Crippen LogP contribution is -2.16. The van der Waals surface area contributed by atoms with E-state index in [0.29, 0.717) is 10.9 Å². The predicted octanol–water partition coefficient (Wildman–Crippen LogP) is 3.42. The number of rotatable bonds is 4. The number of halogens is 1. The highest BCUT2D eigenvalue weighted by molar-refractivity contribution is 6.31. The summed E-state index contributed by atoms with van der Waals surface area (Å²) >= 11 is 6.14. The Balaban J connectivity index is 1.71. The summed E-state index contributed by atoms with van der Waals surface area (Å²) < 4.78 is 1.82. The molecule has 0 aliphatic heterocycles. The normalized spacial score (nSPS) is 32.1. The number of aliphatic hydroxyl groups excluding tert-OH is 1. The summed E-state index contributed by atoms with van der Waals surface area (Å²) in [4.78, 5) is 0. The van der Waals surface area contributed by atoms with E-state index in [1.54, 1.807) is 6.20 Å². The lowest BCUT2D eigenvalue weighted by molar-refractivity contribution is 0.117. The lowest BCUT2D eigenvalue weighted by Gasteiger charge is -2.24. The van der Waals surface area contributed by atoms with E-state index in [2.05, 4.69) is 5.10 Å². The van der Waals surface area contributed by atoms with Crippen LogP contribution in [-0.2, 0) is 6.54 Å². The fraction of sp³-hybridized carbons (Fsp3) is 0.786. The van der Waals surface area contributed by atoms with Crippen molar-refractivity contribution in [3.05, 3.63) is 16.9 Å². The second kappa shape index (κ2) is 4.86. The van der Waals surface area contributed by atoms with Crippen LogP contribution in [0.25, 0.3) is 0 Å². The van der Waals surface area contributed by atoms with Crippen LogP contribution >= 0.6 is 11.6 Å². The number of hydrogen-bond acceptors (Lipinski definition) is 2. The van der Waals surface area contributed by atoms with E-state index in [1.807, 2.05) is 11.6 Å². The van der Waals surface area contributed by atoms with Crippen LogP contribution in [0.2, 0.25) is 5.02 Å². The molecule has 4 atom stereocenters. The lowest BCUT2D eigenvalue weighted by atomic mass is 9.84. The van der Waals surface area contributed by atoms with Crippen LogP contribution < -0.4 is 0 Å². The maximum absolute atomic E-state index is 10.4. The van der Waals surface area contributed by atoms with Gasteiger partial charge in [-0.1, -0.05) is 18.0 Å². The molecule has 1 aromatic heterocycles. The van der Waals surface area contributed by atoms with Crippen LogP contribution in [-0.4, -0.2) is 14.9 Å². The summed E-state index contributed by atoms with van der Waals surface area (Å²) in [5, 5.41) is 15.3. The average molecular weight is 269 g/mol. The largest absolute Gasteiger partial charge is 0.387 e.